The van der Waals surface area contributed by atoms with Gasteiger partial charge in [-0.05, 0) is 36.4 Å². The van der Waals surface area contributed by atoms with Gasteiger partial charge in [-0.2, -0.15) is 5.10 Å². The average Bonchev–Trinajstić information content (AvgIpc) is 3.13. The normalized spacial score (nSPS) is 11.1. The molecule has 0 fully saturated rings. The number of halogens is 1. The molecule has 4 nitrogen and oxygen atoms in total. The highest BCUT2D eigenvalue weighted by molar-refractivity contribution is 7.99. The van der Waals surface area contributed by atoms with E-state index in [1.54, 1.807) is 6.07 Å². The number of nitrogens with zero attached hydrogens (tertiary/aromatic N) is 3. The Morgan fingerprint density at radius 3 is 2.52 bits per heavy atom. The number of aromatic hydroxyl groups is 1. The molecule has 5 rings (SSSR count). The molecule has 0 atom stereocenters. The molecule has 5 aromatic rings. The third kappa shape index (κ3) is 4.15. The minimum absolute atomic E-state index is 0.255. The van der Waals surface area contributed by atoms with Crippen LogP contribution in [-0.2, 0) is 6.42 Å². The molecule has 0 aliphatic heterocycles. The van der Waals surface area contributed by atoms with Gasteiger partial charge in [-0.1, -0.05) is 71.9 Å². The van der Waals surface area contributed by atoms with Crippen LogP contribution in [0.25, 0.3) is 16.8 Å². The Hall–Kier alpha value is -3.28. The van der Waals surface area contributed by atoms with Gasteiger partial charge in [-0.25, -0.2) is 9.50 Å². The van der Waals surface area contributed by atoms with E-state index in [1.807, 2.05) is 77.4 Å². The van der Waals surface area contributed by atoms with Gasteiger partial charge < -0.3 is 5.11 Å². The maximum atomic E-state index is 10.1. The number of phenols is 1. The summed E-state index contributed by atoms with van der Waals surface area (Å²) in [7, 11) is 0. The van der Waals surface area contributed by atoms with Crippen molar-refractivity contribution >= 4 is 28.9 Å². The van der Waals surface area contributed by atoms with E-state index in [4.69, 9.17) is 21.7 Å². The van der Waals surface area contributed by atoms with Crippen molar-refractivity contribution < 1.29 is 5.11 Å². The predicted molar refractivity (Wildman–Crippen MR) is 125 cm³/mol. The van der Waals surface area contributed by atoms with Crippen molar-refractivity contribution in [2.75, 3.05) is 0 Å². The molecule has 0 radical (unpaired) electrons. The maximum absolute atomic E-state index is 10.1. The number of aromatic nitrogens is 3. The Morgan fingerprint density at radius 1 is 0.871 bits per heavy atom. The van der Waals surface area contributed by atoms with Crippen molar-refractivity contribution in [3.05, 3.63) is 107 Å². The largest absolute Gasteiger partial charge is 0.507 e. The second-order valence-corrected chi connectivity index (χ2v) is 8.58. The third-order valence-electron chi connectivity index (χ3n) is 4.96. The minimum Gasteiger partial charge on any atom is -0.507 e. The summed E-state index contributed by atoms with van der Waals surface area (Å²) in [4.78, 5) is 5.61. The molecule has 0 bridgehead atoms. The first-order valence-corrected chi connectivity index (χ1v) is 11.0. The van der Waals surface area contributed by atoms with E-state index in [-0.39, 0.29) is 5.75 Å². The summed E-state index contributed by atoms with van der Waals surface area (Å²) >= 11 is 7.65. The van der Waals surface area contributed by atoms with Crippen LogP contribution in [0.1, 0.15) is 11.3 Å². The number of pyridine rings is 2. The van der Waals surface area contributed by atoms with E-state index in [9.17, 15) is 5.11 Å². The SMILES string of the molecule is Oc1ccccc1Sc1cccc(Cc2c(-c3ccccc3)nn3cc(Cl)ccc23)n1. The standard InChI is InChI=1S/C25H18ClN3OS/c26-18-13-14-21-20(25(28-29(21)16-18)17-7-2-1-3-8-17)15-19-9-6-12-24(27-19)31-23-11-5-4-10-22(23)30/h1-14,16,30H,15H2. The molecular weight excluding hydrogens is 426 g/mol. The molecule has 0 aliphatic rings. The number of fused-ring (bicyclic) bond motifs is 1. The van der Waals surface area contributed by atoms with E-state index in [0.717, 1.165) is 38.0 Å². The summed E-state index contributed by atoms with van der Waals surface area (Å²) in [6, 6.07) is 27.3. The molecule has 31 heavy (non-hydrogen) atoms. The van der Waals surface area contributed by atoms with Gasteiger partial charge in [0.1, 0.15) is 10.8 Å². The van der Waals surface area contributed by atoms with Gasteiger partial charge >= 0.3 is 0 Å². The second kappa shape index (κ2) is 8.46. The Labute approximate surface area is 189 Å². The Balaban J connectivity index is 1.54. The lowest BCUT2D eigenvalue weighted by Gasteiger charge is -2.07. The first-order valence-electron chi connectivity index (χ1n) is 9.81. The van der Waals surface area contributed by atoms with Gasteiger partial charge in [0.25, 0.3) is 0 Å². The minimum atomic E-state index is 0.255. The number of rotatable bonds is 5. The third-order valence-corrected chi connectivity index (χ3v) is 6.19. The zero-order chi connectivity index (χ0) is 21.2. The van der Waals surface area contributed by atoms with Crippen molar-refractivity contribution in [3.8, 4) is 17.0 Å². The van der Waals surface area contributed by atoms with E-state index in [0.29, 0.717) is 11.4 Å². The summed E-state index contributed by atoms with van der Waals surface area (Å²) < 4.78 is 1.83. The number of hydrogen-bond acceptors (Lipinski definition) is 4. The van der Waals surface area contributed by atoms with Gasteiger partial charge in [0.15, 0.2) is 0 Å². The smallest absolute Gasteiger partial charge is 0.129 e. The van der Waals surface area contributed by atoms with Crippen LogP contribution in [0.15, 0.2) is 101 Å². The van der Waals surface area contributed by atoms with Crippen molar-refractivity contribution in [1.82, 2.24) is 14.6 Å². The highest BCUT2D eigenvalue weighted by atomic mass is 35.5. The summed E-state index contributed by atoms with van der Waals surface area (Å²) in [6.45, 7) is 0. The Kier molecular flexibility index (Phi) is 5.37. The first-order chi connectivity index (χ1) is 15.2. The fourth-order valence-corrected chi connectivity index (χ4v) is 4.54. The quantitative estimate of drug-likeness (QED) is 0.337. The van der Waals surface area contributed by atoms with E-state index in [1.165, 1.54) is 11.8 Å². The number of benzene rings is 2. The topological polar surface area (TPSA) is 50.4 Å². The lowest BCUT2D eigenvalue weighted by molar-refractivity contribution is 0.462. The van der Waals surface area contributed by atoms with Gasteiger partial charge in [-0.15, -0.1) is 0 Å². The Morgan fingerprint density at radius 2 is 1.68 bits per heavy atom. The van der Waals surface area contributed by atoms with Crippen molar-refractivity contribution in [2.45, 2.75) is 16.3 Å². The zero-order valence-electron chi connectivity index (χ0n) is 16.4. The van der Waals surface area contributed by atoms with Gasteiger partial charge in [0.05, 0.1) is 21.1 Å². The van der Waals surface area contributed by atoms with Crippen LogP contribution >= 0.6 is 23.4 Å². The van der Waals surface area contributed by atoms with Gasteiger partial charge in [0, 0.05) is 29.4 Å². The molecule has 3 heterocycles. The fraction of sp³-hybridized carbons (Fsp3) is 0.0400. The first kappa shape index (κ1) is 19.7. The molecule has 0 unspecified atom stereocenters. The molecule has 1 N–H and O–H groups in total. The van der Waals surface area contributed by atoms with Crippen LogP contribution in [0.4, 0.5) is 0 Å². The Bertz CT molecular complexity index is 1370. The highest BCUT2D eigenvalue weighted by Crippen LogP contribution is 2.34. The van der Waals surface area contributed by atoms with Crippen molar-refractivity contribution in [2.24, 2.45) is 0 Å². The lowest BCUT2D eigenvalue weighted by atomic mass is 10.0. The lowest BCUT2D eigenvalue weighted by Crippen LogP contribution is -1.95. The van der Waals surface area contributed by atoms with Crippen LogP contribution in [0.2, 0.25) is 5.02 Å². The second-order valence-electron chi connectivity index (χ2n) is 7.08. The maximum Gasteiger partial charge on any atom is 0.129 e. The van der Waals surface area contributed by atoms with E-state index < -0.39 is 0 Å². The molecular formula is C25H18ClN3OS. The van der Waals surface area contributed by atoms with E-state index in [2.05, 4.69) is 12.1 Å². The number of phenolic OH excluding ortho intramolecular Hbond substituents is 1. The van der Waals surface area contributed by atoms with Gasteiger partial charge in [0.2, 0.25) is 0 Å². The molecule has 0 spiro atoms. The van der Waals surface area contributed by atoms with E-state index >= 15 is 0 Å². The van der Waals surface area contributed by atoms with Crippen LogP contribution in [0.5, 0.6) is 5.75 Å². The highest BCUT2D eigenvalue weighted by Gasteiger charge is 2.16. The summed E-state index contributed by atoms with van der Waals surface area (Å²) in [5, 5.41) is 16.4. The predicted octanol–water partition coefficient (Wildman–Crippen LogP) is 6.50. The van der Waals surface area contributed by atoms with Crippen LogP contribution in [0.3, 0.4) is 0 Å². The molecule has 0 saturated carbocycles. The summed E-state index contributed by atoms with van der Waals surface area (Å²) in [6.07, 6.45) is 2.45. The molecule has 6 heteroatoms. The molecule has 0 saturated heterocycles. The van der Waals surface area contributed by atoms with Crippen LogP contribution in [0, 0.1) is 0 Å². The number of hydrogen-bond donors (Lipinski definition) is 1. The average molecular weight is 444 g/mol. The molecule has 0 aliphatic carbocycles. The van der Waals surface area contributed by atoms with Crippen LogP contribution < -0.4 is 0 Å². The van der Waals surface area contributed by atoms with Crippen molar-refractivity contribution in [1.29, 1.82) is 0 Å². The van der Waals surface area contributed by atoms with Crippen LogP contribution in [-0.4, -0.2) is 19.7 Å². The van der Waals surface area contributed by atoms with Gasteiger partial charge in [-0.3, -0.25) is 0 Å². The monoisotopic (exact) mass is 443 g/mol. The molecule has 3 aromatic heterocycles. The fourth-order valence-electron chi connectivity index (χ4n) is 3.53. The summed E-state index contributed by atoms with van der Waals surface area (Å²) in [5.74, 6) is 0.255. The molecule has 2 aromatic carbocycles. The molecule has 0 amide bonds. The summed E-state index contributed by atoms with van der Waals surface area (Å²) in [5.41, 5.74) is 5.01. The number of para-hydroxylation sites is 1. The molecule has 152 valence electrons. The van der Waals surface area contributed by atoms with Crippen molar-refractivity contribution in [3.63, 3.8) is 0 Å². The zero-order valence-corrected chi connectivity index (χ0v) is 18.0.